The summed E-state index contributed by atoms with van der Waals surface area (Å²) in [6.07, 6.45) is 8.73. The smallest absolute Gasteiger partial charge is 0.227 e. The van der Waals surface area contributed by atoms with E-state index in [-0.39, 0.29) is 17.7 Å². The van der Waals surface area contributed by atoms with Crippen LogP contribution in [0.4, 0.5) is 0 Å². The van der Waals surface area contributed by atoms with Crippen molar-refractivity contribution in [2.75, 3.05) is 13.1 Å². The number of benzene rings is 1. The summed E-state index contributed by atoms with van der Waals surface area (Å²) >= 11 is 0. The number of nitrogens with one attached hydrogen (secondary N) is 2. The minimum absolute atomic E-state index is 0.0590. The topological polar surface area (TPSA) is 65.2 Å². The van der Waals surface area contributed by atoms with Crippen LogP contribution in [0.3, 0.4) is 0 Å². The van der Waals surface area contributed by atoms with E-state index in [1.165, 1.54) is 12.8 Å². The fraction of sp³-hybridized carbons (Fsp3) is 0.524. The molecule has 26 heavy (non-hydrogen) atoms. The first-order valence-corrected chi connectivity index (χ1v) is 9.84. The Morgan fingerprint density at radius 1 is 1.12 bits per heavy atom. The van der Waals surface area contributed by atoms with E-state index in [0.29, 0.717) is 19.0 Å². The Labute approximate surface area is 154 Å². The number of carbonyl (C=O) groups is 2. The largest absolute Gasteiger partial charge is 0.361 e. The van der Waals surface area contributed by atoms with Crippen LogP contribution < -0.4 is 5.32 Å². The third-order valence-corrected chi connectivity index (χ3v) is 5.86. The Bertz CT molecular complexity index is 791. The molecular formula is C21H27N3O2. The van der Waals surface area contributed by atoms with Gasteiger partial charge in [0.1, 0.15) is 0 Å². The first-order chi connectivity index (χ1) is 12.7. The molecule has 1 aromatic heterocycles. The SMILES string of the molecule is O=C(NC1CCCC1)[C@H]1CCCN(C(=O)Cc2c[nH]c3ccccc23)C1. The molecule has 2 heterocycles. The number of aromatic nitrogens is 1. The van der Waals surface area contributed by atoms with Crippen LogP contribution in [-0.2, 0) is 16.0 Å². The number of likely N-dealkylation sites (tertiary alicyclic amines) is 1. The van der Waals surface area contributed by atoms with Crippen molar-refractivity contribution < 1.29 is 9.59 Å². The van der Waals surface area contributed by atoms with Gasteiger partial charge in [0, 0.05) is 36.2 Å². The number of hydrogen-bond acceptors (Lipinski definition) is 2. The quantitative estimate of drug-likeness (QED) is 0.887. The number of hydrogen-bond donors (Lipinski definition) is 2. The van der Waals surface area contributed by atoms with Gasteiger partial charge in [-0.1, -0.05) is 31.0 Å². The van der Waals surface area contributed by atoms with Crippen LogP contribution in [0.15, 0.2) is 30.5 Å². The molecule has 1 saturated heterocycles. The lowest BCUT2D eigenvalue weighted by atomic mass is 9.96. The number of amides is 2. The van der Waals surface area contributed by atoms with Crippen molar-refractivity contribution in [3.8, 4) is 0 Å². The van der Waals surface area contributed by atoms with E-state index in [1.54, 1.807) is 0 Å². The zero-order valence-corrected chi connectivity index (χ0v) is 15.2. The molecule has 2 aliphatic rings. The molecule has 2 aromatic rings. The van der Waals surface area contributed by atoms with Gasteiger partial charge in [0.05, 0.1) is 12.3 Å². The maximum absolute atomic E-state index is 12.8. The highest BCUT2D eigenvalue weighted by molar-refractivity contribution is 5.89. The Kier molecular flexibility index (Phi) is 4.96. The Morgan fingerprint density at radius 3 is 2.77 bits per heavy atom. The minimum atomic E-state index is -0.0590. The molecule has 2 amide bonds. The lowest BCUT2D eigenvalue weighted by Gasteiger charge is -2.32. The first kappa shape index (κ1) is 17.1. The normalized spacial score (nSPS) is 21.2. The number of fused-ring (bicyclic) bond motifs is 1. The van der Waals surface area contributed by atoms with Gasteiger partial charge in [-0.15, -0.1) is 0 Å². The zero-order chi connectivity index (χ0) is 17.9. The van der Waals surface area contributed by atoms with Gasteiger partial charge < -0.3 is 15.2 Å². The van der Waals surface area contributed by atoms with E-state index < -0.39 is 0 Å². The van der Waals surface area contributed by atoms with Gasteiger partial charge >= 0.3 is 0 Å². The average molecular weight is 353 g/mol. The second-order valence-electron chi connectivity index (χ2n) is 7.71. The number of H-pyrrole nitrogens is 1. The summed E-state index contributed by atoms with van der Waals surface area (Å²) < 4.78 is 0. The molecule has 1 aliphatic carbocycles. The fourth-order valence-corrected chi connectivity index (χ4v) is 4.36. The summed E-state index contributed by atoms with van der Waals surface area (Å²) in [7, 11) is 0. The van der Waals surface area contributed by atoms with Gasteiger partial charge in [-0.2, -0.15) is 0 Å². The number of rotatable bonds is 4. The fourth-order valence-electron chi connectivity index (χ4n) is 4.36. The highest BCUT2D eigenvalue weighted by Crippen LogP contribution is 2.23. The van der Waals surface area contributed by atoms with E-state index in [0.717, 1.165) is 48.7 Å². The first-order valence-electron chi connectivity index (χ1n) is 9.84. The molecular weight excluding hydrogens is 326 g/mol. The minimum Gasteiger partial charge on any atom is -0.361 e. The molecule has 1 aliphatic heterocycles. The van der Waals surface area contributed by atoms with Crippen molar-refractivity contribution in [3.05, 3.63) is 36.0 Å². The summed E-state index contributed by atoms with van der Waals surface area (Å²) in [6, 6.07) is 8.40. The van der Waals surface area contributed by atoms with Crippen molar-refractivity contribution in [2.45, 2.75) is 51.0 Å². The number of carbonyl (C=O) groups excluding carboxylic acids is 2. The summed E-state index contributed by atoms with van der Waals surface area (Å²) in [5, 5.41) is 4.30. The number of aromatic amines is 1. The number of para-hydroxylation sites is 1. The molecule has 0 radical (unpaired) electrons. The van der Waals surface area contributed by atoms with E-state index in [9.17, 15) is 9.59 Å². The molecule has 5 heteroatoms. The van der Waals surface area contributed by atoms with Crippen molar-refractivity contribution in [3.63, 3.8) is 0 Å². The summed E-state index contributed by atoms with van der Waals surface area (Å²) in [6.45, 7) is 1.31. The summed E-state index contributed by atoms with van der Waals surface area (Å²) in [5.74, 6) is 0.200. The van der Waals surface area contributed by atoms with E-state index in [4.69, 9.17) is 0 Å². The summed E-state index contributed by atoms with van der Waals surface area (Å²) in [4.78, 5) is 30.5. The van der Waals surface area contributed by atoms with Gasteiger partial charge in [0.2, 0.25) is 11.8 Å². The average Bonchev–Trinajstić information content (AvgIpc) is 3.32. The molecule has 5 nitrogen and oxygen atoms in total. The molecule has 0 bridgehead atoms. The van der Waals surface area contributed by atoms with Gasteiger partial charge in [-0.25, -0.2) is 0 Å². The zero-order valence-electron chi connectivity index (χ0n) is 15.2. The van der Waals surface area contributed by atoms with E-state index >= 15 is 0 Å². The number of nitrogens with zero attached hydrogens (tertiary/aromatic N) is 1. The third kappa shape index (κ3) is 3.62. The van der Waals surface area contributed by atoms with E-state index in [2.05, 4.69) is 10.3 Å². The molecule has 4 rings (SSSR count). The molecule has 1 aromatic carbocycles. The molecule has 138 valence electrons. The van der Waals surface area contributed by atoms with Crippen molar-refractivity contribution in [2.24, 2.45) is 5.92 Å². The highest BCUT2D eigenvalue weighted by Gasteiger charge is 2.30. The molecule has 2 fully saturated rings. The van der Waals surface area contributed by atoms with Gasteiger partial charge in [-0.05, 0) is 37.3 Å². The predicted octanol–water partition coefficient (Wildman–Crippen LogP) is 3.01. The second-order valence-corrected chi connectivity index (χ2v) is 7.71. The Morgan fingerprint density at radius 2 is 1.92 bits per heavy atom. The van der Waals surface area contributed by atoms with Crippen LogP contribution >= 0.6 is 0 Å². The maximum atomic E-state index is 12.8. The van der Waals surface area contributed by atoms with Crippen molar-refractivity contribution in [1.29, 1.82) is 0 Å². The highest BCUT2D eigenvalue weighted by atomic mass is 16.2. The number of piperidine rings is 1. The second kappa shape index (κ2) is 7.52. The van der Waals surface area contributed by atoms with Crippen molar-refractivity contribution >= 4 is 22.7 Å². The standard InChI is InChI=1S/C21H27N3O2/c25-20(12-16-13-22-19-10-4-3-9-18(16)19)24-11-5-6-15(14-24)21(26)23-17-7-1-2-8-17/h3-4,9-10,13,15,17,22H,1-2,5-8,11-12,14H2,(H,23,26)/t15-/m0/s1. The van der Waals surface area contributed by atoms with Crippen LogP contribution in [-0.4, -0.2) is 40.8 Å². The third-order valence-electron chi connectivity index (χ3n) is 5.86. The predicted molar refractivity (Wildman–Crippen MR) is 102 cm³/mol. The lowest BCUT2D eigenvalue weighted by molar-refractivity contribution is -0.135. The van der Waals surface area contributed by atoms with Crippen LogP contribution in [0.25, 0.3) is 10.9 Å². The molecule has 0 spiro atoms. The van der Waals surface area contributed by atoms with Crippen LogP contribution in [0.5, 0.6) is 0 Å². The summed E-state index contributed by atoms with van der Waals surface area (Å²) in [5.41, 5.74) is 2.09. The molecule has 2 N–H and O–H groups in total. The van der Waals surface area contributed by atoms with Gasteiger partial charge in [0.15, 0.2) is 0 Å². The lowest BCUT2D eigenvalue weighted by Crippen LogP contribution is -2.47. The Balaban J connectivity index is 1.37. The van der Waals surface area contributed by atoms with Crippen molar-refractivity contribution in [1.82, 2.24) is 15.2 Å². The van der Waals surface area contributed by atoms with Crippen LogP contribution in [0.2, 0.25) is 0 Å². The van der Waals surface area contributed by atoms with Gasteiger partial charge in [0.25, 0.3) is 0 Å². The van der Waals surface area contributed by atoms with Crippen LogP contribution in [0, 0.1) is 5.92 Å². The molecule has 1 atom stereocenters. The molecule has 0 unspecified atom stereocenters. The van der Waals surface area contributed by atoms with Crippen LogP contribution in [0.1, 0.15) is 44.1 Å². The Hall–Kier alpha value is -2.30. The monoisotopic (exact) mass is 353 g/mol. The van der Waals surface area contributed by atoms with E-state index in [1.807, 2.05) is 35.4 Å². The van der Waals surface area contributed by atoms with Gasteiger partial charge in [-0.3, -0.25) is 9.59 Å². The maximum Gasteiger partial charge on any atom is 0.227 e. The molecule has 1 saturated carbocycles.